The maximum absolute atomic E-state index is 12.4. The van der Waals surface area contributed by atoms with E-state index in [4.69, 9.17) is 5.11 Å². The summed E-state index contributed by atoms with van der Waals surface area (Å²) in [6.45, 7) is 7.36. The van der Waals surface area contributed by atoms with Crippen molar-refractivity contribution < 1.29 is 9.90 Å². The number of aromatic nitrogens is 2. The first-order valence-electron chi connectivity index (χ1n) is 7.98. The zero-order valence-electron chi connectivity index (χ0n) is 14.0. The second-order valence-electron chi connectivity index (χ2n) is 6.02. The van der Waals surface area contributed by atoms with Gasteiger partial charge in [0.2, 0.25) is 0 Å². The molecule has 1 amide bonds. The SMILES string of the molecule is Cc1cc(C(=O)NCC(C)CCO)c(C)n1Cc1ccccn1. The lowest BCUT2D eigenvalue weighted by atomic mass is 10.1. The number of carbonyl (C=O) groups is 1. The molecule has 5 nitrogen and oxygen atoms in total. The van der Waals surface area contributed by atoms with Crippen LogP contribution in [0.15, 0.2) is 30.5 Å². The van der Waals surface area contributed by atoms with Crippen LogP contribution in [0, 0.1) is 19.8 Å². The van der Waals surface area contributed by atoms with Gasteiger partial charge in [0, 0.05) is 30.7 Å². The highest BCUT2D eigenvalue weighted by Gasteiger charge is 2.16. The molecule has 2 heterocycles. The average molecular weight is 315 g/mol. The van der Waals surface area contributed by atoms with E-state index in [-0.39, 0.29) is 18.4 Å². The molecule has 1 unspecified atom stereocenters. The fourth-order valence-corrected chi connectivity index (χ4v) is 2.61. The van der Waals surface area contributed by atoms with E-state index in [9.17, 15) is 4.79 Å². The molecule has 0 saturated heterocycles. The lowest BCUT2D eigenvalue weighted by Crippen LogP contribution is -2.29. The molecule has 5 heteroatoms. The maximum Gasteiger partial charge on any atom is 0.253 e. The molecule has 2 aromatic heterocycles. The van der Waals surface area contributed by atoms with Gasteiger partial charge in [-0.2, -0.15) is 0 Å². The Morgan fingerprint density at radius 3 is 2.83 bits per heavy atom. The highest BCUT2D eigenvalue weighted by molar-refractivity contribution is 5.95. The summed E-state index contributed by atoms with van der Waals surface area (Å²) in [4.78, 5) is 16.7. The number of aliphatic hydroxyl groups excluding tert-OH is 1. The third-order valence-electron chi connectivity index (χ3n) is 4.10. The van der Waals surface area contributed by atoms with Gasteiger partial charge in [0.25, 0.3) is 5.91 Å². The first-order chi connectivity index (χ1) is 11.0. The Morgan fingerprint density at radius 1 is 1.39 bits per heavy atom. The lowest BCUT2D eigenvalue weighted by molar-refractivity contribution is 0.0944. The molecular weight excluding hydrogens is 290 g/mol. The summed E-state index contributed by atoms with van der Waals surface area (Å²) in [5.74, 6) is 0.205. The summed E-state index contributed by atoms with van der Waals surface area (Å²) < 4.78 is 2.11. The minimum Gasteiger partial charge on any atom is -0.396 e. The summed E-state index contributed by atoms with van der Waals surface area (Å²) in [6.07, 6.45) is 2.47. The summed E-state index contributed by atoms with van der Waals surface area (Å²) in [7, 11) is 0. The number of aryl methyl sites for hydroxylation is 1. The third-order valence-corrected chi connectivity index (χ3v) is 4.10. The zero-order valence-corrected chi connectivity index (χ0v) is 14.0. The summed E-state index contributed by atoms with van der Waals surface area (Å²) in [5, 5.41) is 11.9. The molecule has 0 aliphatic heterocycles. The topological polar surface area (TPSA) is 67.2 Å². The number of hydrogen-bond donors (Lipinski definition) is 2. The van der Waals surface area contributed by atoms with Gasteiger partial charge in [-0.25, -0.2) is 0 Å². The van der Waals surface area contributed by atoms with Gasteiger partial charge in [-0.1, -0.05) is 13.0 Å². The van der Waals surface area contributed by atoms with E-state index in [1.165, 1.54) is 0 Å². The standard InChI is InChI=1S/C18H25N3O2/c1-13(7-9-22)11-20-18(23)17-10-14(2)21(15(17)3)12-16-6-4-5-8-19-16/h4-6,8,10,13,22H,7,9,11-12H2,1-3H3,(H,20,23). The molecule has 124 valence electrons. The Balaban J connectivity index is 2.09. The van der Waals surface area contributed by atoms with E-state index in [1.807, 2.05) is 45.0 Å². The number of pyridine rings is 1. The van der Waals surface area contributed by atoms with Crippen LogP contribution in [0.25, 0.3) is 0 Å². The smallest absolute Gasteiger partial charge is 0.253 e. The zero-order chi connectivity index (χ0) is 16.8. The van der Waals surface area contributed by atoms with Gasteiger partial charge in [0.15, 0.2) is 0 Å². The van der Waals surface area contributed by atoms with Crippen LogP contribution in [0.2, 0.25) is 0 Å². The van der Waals surface area contributed by atoms with E-state index in [1.54, 1.807) is 6.20 Å². The summed E-state index contributed by atoms with van der Waals surface area (Å²) >= 11 is 0. The van der Waals surface area contributed by atoms with E-state index in [2.05, 4.69) is 14.9 Å². The lowest BCUT2D eigenvalue weighted by Gasteiger charge is -2.12. The van der Waals surface area contributed by atoms with Crippen molar-refractivity contribution in [2.45, 2.75) is 33.7 Å². The van der Waals surface area contributed by atoms with Crippen LogP contribution in [-0.4, -0.2) is 33.7 Å². The van der Waals surface area contributed by atoms with Crippen molar-refractivity contribution in [2.24, 2.45) is 5.92 Å². The van der Waals surface area contributed by atoms with Crippen LogP contribution in [0.3, 0.4) is 0 Å². The van der Waals surface area contributed by atoms with E-state index < -0.39 is 0 Å². The van der Waals surface area contributed by atoms with Crippen molar-refractivity contribution >= 4 is 5.91 Å². The first kappa shape index (κ1) is 17.2. The molecule has 1 atom stereocenters. The van der Waals surface area contributed by atoms with E-state index in [0.717, 1.165) is 17.1 Å². The molecule has 0 radical (unpaired) electrons. The van der Waals surface area contributed by atoms with Crippen LogP contribution in [0.5, 0.6) is 0 Å². The molecule has 0 aliphatic rings. The number of aliphatic hydroxyl groups is 1. The van der Waals surface area contributed by atoms with Gasteiger partial charge >= 0.3 is 0 Å². The molecule has 0 bridgehead atoms. The summed E-state index contributed by atoms with van der Waals surface area (Å²) in [6, 6.07) is 7.76. The molecule has 0 saturated carbocycles. The number of hydrogen-bond acceptors (Lipinski definition) is 3. The largest absolute Gasteiger partial charge is 0.396 e. The van der Waals surface area contributed by atoms with Gasteiger partial charge < -0.3 is 15.0 Å². The Bertz CT molecular complexity index is 650. The van der Waals surface area contributed by atoms with Crippen LogP contribution < -0.4 is 5.32 Å². The van der Waals surface area contributed by atoms with Crippen LogP contribution in [-0.2, 0) is 6.54 Å². The van der Waals surface area contributed by atoms with Gasteiger partial charge in [0.1, 0.15) is 0 Å². The number of carbonyl (C=O) groups excluding carboxylic acids is 1. The van der Waals surface area contributed by atoms with Crippen molar-refractivity contribution in [3.8, 4) is 0 Å². The van der Waals surface area contributed by atoms with Crippen LogP contribution in [0.1, 0.15) is 40.8 Å². The average Bonchev–Trinajstić information content (AvgIpc) is 2.82. The third kappa shape index (κ3) is 4.42. The predicted molar refractivity (Wildman–Crippen MR) is 90.4 cm³/mol. The van der Waals surface area contributed by atoms with Gasteiger partial charge in [0.05, 0.1) is 17.8 Å². The molecule has 2 rings (SSSR count). The molecule has 0 aliphatic carbocycles. The fraction of sp³-hybridized carbons (Fsp3) is 0.444. The highest BCUT2D eigenvalue weighted by Crippen LogP contribution is 2.16. The number of amides is 1. The first-order valence-corrected chi connectivity index (χ1v) is 7.98. The van der Waals surface area contributed by atoms with Gasteiger partial charge in [-0.05, 0) is 44.4 Å². The second kappa shape index (κ2) is 7.92. The Morgan fingerprint density at radius 2 is 2.17 bits per heavy atom. The van der Waals surface area contributed by atoms with Gasteiger partial charge in [-0.15, -0.1) is 0 Å². The number of rotatable bonds is 7. The molecule has 0 fully saturated rings. The van der Waals surface area contributed by atoms with Crippen molar-refractivity contribution in [3.63, 3.8) is 0 Å². The van der Waals surface area contributed by atoms with Crippen molar-refractivity contribution in [3.05, 3.63) is 53.1 Å². The Labute approximate surface area is 137 Å². The fourth-order valence-electron chi connectivity index (χ4n) is 2.61. The Kier molecular flexibility index (Phi) is 5.93. The highest BCUT2D eigenvalue weighted by atomic mass is 16.3. The number of nitrogens with zero attached hydrogens (tertiary/aromatic N) is 2. The van der Waals surface area contributed by atoms with E-state index >= 15 is 0 Å². The molecule has 23 heavy (non-hydrogen) atoms. The van der Waals surface area contributed by atoms with Crippen molar-refractivity contribution in [2.75, 3.05) is 13.2 Å². The molecule has 0 aromatic carbocycles. The minimum atomic E-state index is -0.0600. The maximum atomic E-state index is 12.4. The Hall–Kier alpha value is -2.14. The van der Waals surface area contributed by atoms with Crippen molar-refractivity contribution in [1.82, 2.24) is 14.9 Å². The van der Waals surface area contributed by atoms with Crippen LogP contribution in [0.4, 0.5) is 0 Å². The number of nitrogens with one attached hydrogen (secondary N) is 1. The van der Waals surface area contributed by atoms with E-state index in [0.29, 0.717) is 25.1 Å². The van der Waals surface area contributed by atoms with Crippen LogP contribution >= 0.6 is 0 Å². The molecular formula is C18H25N3O2. The summed E-state index contributed by atoms with van der Waals surface area (Å²) in [5.41, 5.74) is 3.66. The second-order valence-corrected chi connectivity index (χ2v) is 6.02. The quantitative estimate of drug-likeness (QED) is 0.824. The molecule has 0 spiro atoms. The molecule has 2 N–H and O–H groups in total. The van der Waals surface area contributed by atoms with Crippen molar-refractivity contribution in [1.29, 1.82) is 0 Å². The predicted octanol–water partition coefficient (Wildman–Crippen LogP) is 2.30. The van der Waals surface area contributed by atoms with Gasteiger partial charge in [-0.3, -0.25) is 9.78 Å². The molecule has 2 aromatic rings. The minimum absolute atomic E-state index is 0.0600. The monoisotopic (exact) mass is 315 g/mol. The normalized spacial score (nSPS) is 12.2.